The van der Waals surface area contributed by atoms with Crippen molar-refractivity contribution in [2.24, 2.45) is 7.05 Å². The molecule has 1 atom stereocenters. The molecule has 2 heterocycles. The molecule has 0 saturated heterocycles. The molecule has 2 aromatic rings. The predicted octanol–water partition coefficient (Wildman–Crippen LogP) is 2.61. The molecule has 0 spiro atoms. The molecule has 0 fully saturated rings. The molecule has 0 saturated carbocycles. The Balaban J connectivity index is 1.96. The second kappa shape index (κ2) is 7.09. The highest BCUT2D eigenvalue weighted by molar-refractivity contribution is 5.88. The molecular weight excluding hydrogens is 308 g/mol. The molecular formula is C17H26N4O3. The number of furan rings is 1. The molecule has 2 rings (SSSR count). The van der Waals surface area contributed by atoms with Crippen LogP contribution in [0.1, 0.15) is 43.0 Å². The molecule has 0 aromatic carbocycles. The normalized spacial score (nSPS) is 13.6. The van der Waals surface area contributed by atoms with Crippen LogP contribution < -0.4 is 10.6 Å². The molecule has 3 N–H and O–H groups in total. The summed E-state index contributed by atoms with van der Waals surface area (Å²) in [4.78, 5) is 12.1. The molecule has 1 unspecified atom stereocenters. The van der Waals surface area contributed by atoms with Crippen molar-refractivity contribution >= 4 is 11.8 Å². The van der Waals surface area contributed by atoms with Crippen LogP contribution in [0, 0.1) is 13.8 Å². The third-order valence-electron chi connectivity index (χ3n) is 3.89. The lowest BCUT2D eigenvalue weighted by molar-refractivity contribution is 0.0584. The highest BCUT2D eigenvalue weighted by Crippen LogP contribution is 2.26. The van der Waals surface area contributed by atoms with Crippen LogP contribution in [0.25, 0.3) is 0 Å². The second-order valence-electron chi connectivity index (χ2n) is 6.30. The largest absolute Gasteiger partial charge is 0.466 e. The Bertz CT molecular complexity index is 715. The summed E-state index contributed by atoms with van der Waals surface area (Å²) in [5.74, 6) is 1.99. The average Bonchev–Trinajstić information content (AvgIpc) is 3.00. The van der Waals surface area contributed by atoms with Crippen LogP contribution in [-0.2, 0) is 19.1 Å². The summed E-state index contributed by atoms with van der Waals surface area (Å²) in [6, 6.07) is 3.25. The van der Waals surface area contributed by atoms with E-state index < -0.39 is 5.60 Å². The van der Waals surface area contributed by atoms with Crippen LogP contribution in [0.5, 0.6) is 0 Å². The van der Waals surface area contributed by atoms with Crippen LogP contribution >= 0.6 is 0 Å². The highest BCUT2D eigenvalue weighted by atomic mass is 16.3. The summed E-state index contributed by atoms with van der Waals surface area (Å²) in [6.07, 6.45) is 1.86. The van der Waals surface area contributed by atoms with Gasteiger partial charge in [-0.15, -0.1) is 0 Å². The zero-order valence-electron chi connectivity index (χ0n) is 14.9. The Morgan fingerprint density at radius 2 is 2.12 bits per heavy atom. The number of amides is 2. The van der Waals surface area contributed by atoms with E-state index in [-0.39, 0.29) is 12.6 Å². The van der Waals surface area contributed by atoms with Gasteiger partial charge in [0.2, 0.25) is 0 Å². The maximum Gasteiger partial charge on any atom is 0.320 e. The zero-order valence-corrected chi connectivity index (χ0v) is 14.9. The van der Waals surface area contributed by atoms with Crippen molar-refractivity contribution in [3.63, 3.8) is 0 Å². The summed E-state index contributed by atoms with van der Waals surface area (Å²) in [5.41, 5.74) is 0.400. The minimum atomic E-state index is -1.21. The third kappa shape index (κ3) is 4.17. The molecule has 0 aliphatic carbocycles. The number of urea groups is 1. The fraction of sp³-hybridized carbons (Fsp3) is 0.529. The lowest BCUT2D eigenvalue weighted by atomic mass is 9.96. The van der Waals surface area contributed by atoms with Crippen LogP contribution in [0.15, 0.2) is 16.5 Å². The fourth-order valence-corrected chi connectivity index (χ4v) is 2.70. The van der Waals surface area contributed by atoms with Crippen molar-refractivity contribution < 1.29 is 14.3 Å². The molecule has 132 valence electrons. The molecule has 2 amide bonds. The zero-order chi connectivity index (χ0) is 17.9. The van der Waals surface area contributed by atoms with Gasteiger partial charge < -0.3 is 14.8 Å². The predicted molar refractivity (Wildman–Crippen MR) is 92.0 cm³/mol. The van der Waals surface area contributed by atoms with Crippen LogP contribution in [0.4, 0.5) is 10.6 Å². The number of hydrogen-bond acceptors (Lipinski definition) is 4. The number of anilines is 1. The highest BCUT2D eigenvalue weighted by Gasteiger charge is 2.28. The molecule has 24 heavy (non-hydrogen) atoms. The Labute approximate surface area is 142 Å². The fourth-order valence-electron chi connectivity index (χ4n) is 2.70. The van der Waals surface area contributed by atoms with Crippen LogP contribution in [0.2, 0.25) is 0 Å². The summed E-state index contributed by atoms with van der Waals surface area (Å²) in [5, 5.41) is 20.4. The van der Waals surface area contributed by atoms with Crippen molar-refractivity contribution in [1.29, 1.82) is 0 Å². The number of nitrogens with zero attached hydrogens (tertiary/aromatic N) is 2. The molecule has 0 radical (unpaired) electrons. The minimum Gasteiger partial charge on any atom is -0.466 e. The number of aromatic nitrogens is 2. The first-order valence-corrected chi connectivity index (χ1v) is 8.10. The van der Waals surface area contributed by atoms with Crippen LogP contribution in [0.3, 0.4) is 0 Å². The monoisotopic (exact) mass is 334 g/mol. The Hall–Kier alpha value is -2.28. The van der Waals surface area contributed by atoms with E-state index in [1.807, 2.05) is 13.0 Å². The molecule has 2 aromatic heterocycles. The molecule has 0 aliphatic heterocycles. The van der Waals surface area contributed by atoms with Gasteiger partial charge in [0.25, 0.3) is 0 Å². The van der Waals surface area contributed by atoms with Gasteiger partial charge in [-0.1, -0.05) is 13.3 Å². The quantitative estimate of drug-likeness (QED) is 0.757. The van der Waals surface area contributed by atoms with Gasteiger partial charge in [0.1, 0.15) is 22.9 Å². The summed E-state index contributed by atoms with van der Waals surface area (Å²) < 4.78 is 7.08. The van der Waals surface area contributed by atoms with Crippen molar-refractivity contribution in [1.82, 2.24) is 15.1 Å². The Kier molecular flexibility index (Phi) is 5.33. The number of rotatable bonds is 6. The van der Waals surface area contributed by atoms with Gasteiger partial charge in [-0.25, -0.2) is 4.79 Å². The van der Waals surface area contributed by atoms with E-state index in [9.17, 15) is 9.90 Å². The lowest BCUT2D eigenvalue weighted by Crippen LogP contribution is -2.40. The Morgan fingerprint density at radius 1 is 1.42 bits per heavy atom. The first kappa shape index (κ1) is 18.1. The van der Waals surface area contributed by atoms with E-state index in [1.54, 1.807) is 31.6 Å². The van der Waals surface area contributed by atoms with Gasteiger partial charge >= 0.3 is 6.03 Å². The average molecular weight is 334 g/mol. The van der Waals surface area contributed by atoms with E-state index in [2.05, 4.69) is 22.7 Å². The second-order valence-corrected chi connectivity index (χ2v) is 6.30. The van der Waals surface area contributed by atoms with Gasteiger partial charge in [0.15, 0.2) is 0 Å². The molecule has 7 heteroatoms. The maximum atomic E-state index is 12.1. The number of hydrogen-bond donors (Lipinski definition) is 3. The maximum absolute atomic E-state index is 12.1. The minimum absolute atomic E-state index is 0.0678. The number of aliphatic hydroxyl groups is 1. The van der Waals surface area contributed by atoms with E-state index in [0.29, 0.717) is 17.1 Å². The topological polar surface area (TPSA) is 92.3 Å². The first-order valence-electron chi connectivity index (χ1n) is 8.10. The number of nitrogens with one attached hydrogen (secondary N) is 2. The first-order chi connectivity index (χ1) is 11.2. The van der Waals surface area contributed by atoms with E-state index in [4.69, 9.17) is 4.42 Å². The van der Waals surface area contributed by atoms with Crippen molar-refractivity contribution in [3.8, 4) is 0 Å². The van der Waals surface area contributed by atoms with Gasteiger partial charge in [-0.2, -0.15) is 5.10 Å². The standard InChI is InChI=1S/C17H26N4O3/c1-6-7-13-9-15(21(5)20-13)19-16(22)18-10-17(4,23)14-8-11(2)24-12(14)3/h8-9,23H,6-7,10H2,1-5H3,(H2,18,19,22). The van der Waals surface area contributed by atoms with E-state index >= 15 is 0 Å². The summed E-state index contributed by atoms with van der Waals surface area (Å²) in [7, 11) is 1.78. The van der Waals surface area contributed by atoms with Gasteiger partial charge in [-0.3, -0.25) is 10.00 Å². The van der Waals surface area contributed by atoms with E-state index in [1.165, 1.54) is 0 Å². The van der Waals surface area contributed by atoms with Crippen molar-refractivity contribution in [2.45, 2.75) is 46.1 Å². The van der Waals surface area contributed by atoms with Crippen LogP contribution in [-0.4, -0.2) is 27.5 Å². The molecule has 0 bridgehead atoms. The summed E-state index contributed by atoms with van der Waals surface area (Å²) in [6.45, 7) is 7.41. The van der Waals surface area contributed by atoms with Crippen molar-refractivity contribution in [2.75, 3.05) is 11.9 Å². The number of aryl methyl sites for hydroxylation is 4. The third-order valence-corrected chi connectivity index (χ3v) is 3.89. The Morgan fingerprint density at radius 3 is 2.71 bits per heavy atom. The van der Waals surface area contributed by atoms with Crippen molar-refractivity contribution in [3.05, 3.63) is 34.9 Å². The lowest BCUT2D eigenvalue weighted by Gasteiger charge is -2.23. The number of carbonyl (C=O) groups is 1. The van der Waals surface area contributed by atoms with E-state index in [0.717, 1.165) is 24.3 Å². The smallest absolute Gasteiger partial charge is 0.320 e. The molecule has 7 nitrogen and oxygen atoms in total. The summed E-state index contributed by atoms with van der Waals surface area (Å²) >= 11 is 0. The van der Waals surface area contributed by atoms with Gasteiger partial charge in [0.05, 0.1) is 12.2 Å². The number of carbonyl (C=O) groups excluding carboxylic acids is 1. The molecule has 0 aliphatic rings. The SMILES string of the molecule is CCCc1cc(NC(=O)NCC(C)(O)c2cc(C)oc2C)n(C)n1. The van der Waals surface area contributed by atoms with Gasteiger partial charge in [0, 0.05) is 18.7 Å². The van der Waals surface area contributed by atoms with Gasteiger partial charge in [-0.05, 0) is 33.3 Å².